The molecule has 0 aliphatic heterocycles. The molecule has 0 heterocycles. The summed E-state index contributed by atoms with van der Waals surface area (Å²) in [5, 5.41) is 15.5. The molecule has 6 heteroatoms. The number of carboxylic acid groups (broad SMARTS) is 1. The molecule has 0 radical (unpaired) electrons. The van der Waals surface area contributed by atoms with Crippen molar-refractivity contribution in [2.75, 3.05) is 0 Å². The van der Waals surface area contributed by atoms with Crippen LogP contribution in [0.25, 0.3) is 0 Å². The molecule has 2 atom stereocenters. The van der Waals surface area contributed by atoms with Crippen molar-refractivity contribution >= 4 is 5.97 Å². The Labute approximate surface area is 104 Å². The minimum absolute atomic E-state index is 0. The molecular formula is C9H18N2O3Pt+2. The van der Waals surface area contributed by atoms with Crippen molar-refractivity contribution in [1.82, 2.24) is 0 Å². The van der Waals surface area contributed by atoms with Crippen molar-refractivity contribution in [3.05, 3.63) is 12.3 Å². The molecular weight excluding hydrogens is 379 g/mol. The summed E-state index contributed by atoms with van der Waals surface area (Å²) in [6.45, 7) is 2.71. The number of nitrogens with two attached hydrogens (primary N) is 2. The molecule has 5 nitrogen and oxygen atoms in total. The Kier molecular flexibility index (Phi) is 10.1. The maximum absolute atomic E-state index is 9.35. The maximum atomic E-state index is 9.35. The van der Waals surface area contributed by atoms with Crippen LogP contribution in [0.4, 0.5) is 0 Å². The first kappa shape index (κ1) is 17.0. The van der Waals surface area contributed by atoms with Gasteiger partial charge in [0.1, 0.15) is 0 Å². The van der Waals surface area contributed by atoms with Crippen molar-refractivity contribution in [3.63, 3.8) is 0 Å². The number of carboxylic acids is 1. The van der Waals surface area contributed by atoms with E-state index in [2.05, 4.69) is 6.58 Å². The van der Waals surface area contributed by atoms with Gasteiger partial charge in [0, 0.05) is 12.1 Å². The van der Waals surface area contributed by atoms with Gasteiger partial charge < -0.3 is 21.7 Å². The predicted molar refractivity (Wildman–Crippen MR) is 53.8 cm³/mol. The van der Waals surface area contributed by atoms with Crippen molar-refractivity contribution < 1.29 is 36.1 Å². The Balaban J connectivity index is 0. The van der Waals surface area contributed by atoms with Gasteiger partial charge in [-0.3, -0.25) is 0 Å². The van der Waals surface area contributed by atoms with Crippen LogP contribution >= 0.6 is 0 Å². The molecule has 0 saturated heterocycles. The molecule has 0 spiro atoms. The second-order valence-corrected chi connectivity index (χ2v) is 3.36. The molecule has 6 N–H and O–H groups in total. The van der Waals surface area contributed by atoms with E-state index in [1.54, 1.807) is 0 Å². The van der Waals surface area contributed by atoms with Crippen LogP contribution in [0.2, 0.25) is 0 Å². The molecule has 1 aliphatic carbocycles. The largest absolute Gasteiger partial charge is 2.00 e. The van der Waals surface area contributed by atoms with Gasteiger partial charge in [-0.25, -0.2) is 4.79 Å². The summed E-state index contributed by atoms with van der Waals surface area (Å²) in [5.74, 6) is -2.20. The fourth-order valence-corrected chi connectivity index (χ4v) is 1.19. The van der Waals surface area contributed by atoms with Crippen LogP contribution in [0.1, 0.15) is 25.7 Å². The topological polar surface area (TPSA) is 110 Å². The van der Waals surface area contributed by atoms with Crippen LogP contribution in [-0.2, 0) is 25.9 Å². The van der Waals surface area contributed by atoms with E-state index in [0.29, 0.717) is 0 Å². The van der Waals surface area contributed by atoms with Crippen molar-refractivity contribution in [2.24, 2.45) is 11.5 Å². The van der Waals surface area contributed by atoms with Crippen molar-refractivity contribution in [3.8, 4) is 0 Å². The Morgan fingerprint density at radius 3 is 1.53 bits per heavy atom. The third-order valence-corrected chi connectivity index (χ3v) is 2.12. The molecule has 15 heavy (non-hydrogen) atoms. The minimum Gasteiger partial charge on any atom is -0.502 e. The van der Waals surface area contributed by atoms with E-state index in [-0.39, 0.29) is 33.1 Å². The van der Waals surface area contributed by atoms with Gasteiger partial charge in [0.15, 0.2) is 5.76 Å². The van der Waals surface area contributed by atoms with E-state index in [1.807, 2.05) is 0 Å². The number of aliphatic hydroxyl groups is 1. The monoisotopic (exact) mass is 397 g/mol. The van der Waals surface area contributed by atoms with Crippen molar-refractivity contribution in [2.45, 2.75) is 37.8 Å². The van der Waals surface area contributed by atoms with Crippen molar-refractivity contribution in [1.29, 1.82) is 0 Å². The molecule has 1 rings (SSSR count). The zero-order valence-corrected chi connectivity index (χ0v) is 10.7. The first-order chi connectivity index (χ1) is 6.45. The zero-order valence-electron chi connectivity index (χ0n) is 8.46. The van der Waals surface area contributed by atoms with E-state index in [4.69, 9.17) is 21.7 Å². The Hall–Kier alpha value is -0.382. The summed E-state index contributed by atoms with van der Waals surface area (Å²) in [6, 6.07) is 0.562. The van der Waals surface area contributed by atoms with Gasteiger partial charge in [0.05, 0.1) is 0 Å². The minimum atomic E-state index is -1.38. The van der Waals surface area contributed by atoms with E-state index < -0.39 is 11.7 Å². The Morgan fingerprint density at radius 2 is 1.40 bits per heavy atom. The summed E-state index contributed by atoms with van der Waals surface area (Å²) >= 11 is 0. The molecule has 0 aromatic carbocycles. The van der Waals surface area contributed by atoms with Gasteiger partial charge in [-0.05, 0) is 19.4 Å². The summed E-state index contributed by atoms with van der Waals surface area (Å²) in [6.07, 6.45) is 4.80. The molecule has 0 aromatic heterocycles. The van der Waals surface area contributed by atoms with Gasteiger partial charge in [-0.15, -0.1) is 0 Å². The summed E-state index contributed by atoms with van der Waals surface area (Å²) in [5.41, 5.74) is 11.3. The van der Waals surface area contributed by atoms with Gasteiger partial charge in [-0.1, -0.05) is 12.8 Å². The number of rotatable bonds is 1. The third kappa shape index (κ3) is 8.60. The third-order valence-electron chi connectivity index (χ3n) is 2.12. The number of aliphatic carboxylic acids is 1. The van der Waals surface area contributed by atoms with E-state index >= 15 is 0 Å². The van der Waals surface area contributed by atoms with E-state index in [9.17, 15) is 4.79 Å². The summed E-state index contributed by atoms with van der Waals surface area (Å²) < 4.78 is 0. The first-order valence-electron chi connectivity index (χ1n) is 4.57. The second kappa shape index (κ2) is 8.89. The zero-order chi connectivity index (χ0) is 11.1. The Morgan fingerprint density at radius 1 is 1.13 bits per heavy atom. The van der Waals surface area contributed by atoms with Crippen LogP contribution in [0.5, 0.6) is 0 Å². The second-order valence-electron chi connectivity index (χ2n) is 3.36. The van der Waals surface area contributed by atoms with Gasteiger partial charge in [0.2, 0.25) is 0 Å². The average molecular weight is 397 g/mol. The molecule has 1 fully saturated rings. The maximum Gasteiger partial charge on any atom is 2.00 e. The molecule has 0 amide bonds. The fraction of sp³-hybridized carbons (Fsp3) is 0.667. The smallest absolute Gasteiger partial charge is 0.502 e. The molecule has 0 bridgehead atoms. The normalized spacial score (nSPS) is 24.1. The SMILES string of the molecule is C=C(O)C(=O)O.N[C@@H]1CCCC[C@H]1N.[Pt+2]. The van der Waals surface area contributed by atoms with E-state index in [1.165, 1.54) is 12.8 Å². The molecule has 0 unspecified atom stereocenters. The molecule has 0 aromatic rings. The van der Waals surface area contributed by atoms with Crippen LogP contribution in [0, 0.1) is 0 Å². The number of carbonyl (C=O) groups is 1. The standard InChI is InChI=1S/C6H14N2.C3H4O3.Pt/c7-5-3-1-2-4-6(5)8;1-2(4)3(5)6;/h5-6H,1-4,7-8H2;4H,1H2,(H,5,6);/q;;+2/t5-,6-;;/m1../s1. The van der Waals surface area contributed by atoms with Crippen LogP contribution in [0.3, 0.4) is 0 Å². The van der Waals surface area contributed by atoms with Gasteiger partial charge in [0.25, 0.3) is 0 Å². The quantitative estimate of drug-likeness (QED) is 0.377. The van der Waals surface area contributed by atoms with Crippen LogP contribution in [0.15, 0.2) is 12.3 Å². The van der Waals surface area contributed by atoms with Crippen LogP contribution in [-0.4, -0.2) is 28.3 Å². The molecule has 1 aliphatic rings. The average Bonchev–Trinajstić information content (AvgIpc) is 2.11. The number of hydrogen-bond donors (Lipinski definition) is 4. The molecule has 90 valence electrons. The van der Waals surface area contributed by atoms with E-state index in [0.717, 1.165) is 12.8 Å². The fourth-order valence-electron chi connectivity index (χ4n) is 1.19. The number of aliphatic hydroxyl groups excluding tert-OH is 1. The summed E-state index contributed by atoms with van der Waals surface area (Å²) in [4.78, 5) is 9.35. The van der Waals surface area contributed by atoms with Gasteiger partial charge in [-0.2, -0.15) is 0 Å². The predicted octanol–water partition coefficient (Wildman–Crippen LogP) is 0.355. The Bertz CT molecular complexity index is 190. The van der Waals surface area contributed by atoms with Gasteiger partial charge >= 0.3 is 27.0 Å². The first-order valence-corrected chi connectivity index (χ1v) is 4.57. The number of hydrogen-bond acceptors (Lipinski definition) is 4. The van der Waals surface area contributed by atoms with Crippen LogP contribution < -0.4 is 11.5 Å². The summed E-state index contributed by atoms with van der Waals surface area (Å²) in [7, 11) is 0. The molecule has 1 saturated carbocycles.